The van der Waals surface area contributed by atoms with Crippen molar-refractivity contribution in [1.29, 1.82) is 0 Å². The second-order valence-corrected chi connectivity index (χ2v) is 4.03. The van der Waals surface area contributed by atoms with Crippen LogP contribution in [0.1, 0.15) is 45.4 Å². The largest absolute Gasteiger partial charge is 0.480 e. The lowest BCUT2D eigenvalue weighted by Crippen LogP contribution is -2.54. The van der Waals surface area contributed by atoms with Crippen LogP contribution in [0, 0.1) is 5.92 Å². The van der Waals surface area contributed by atoms with Crippen LogP contribution in [0.25, 0.3) is 0 Å². The second kappa shape index (κ2) is 4.09. The van der Waals surface area contributed by atoms with E-state index < -0.39 is 11.5 Å². The van der Waals surface area contributed by atoms with Crippen LogP contribution >= 0.6 is 0 Å². The summed E-state index contributed by atoms with van der Waals surface area (Å²) in [6.07, 6.45) is 6.00. The molecule has 0 aromatic rings. The zero-order valence-corrected chi connectivity index (χ0v) is 8.25. The van der Waals surface area contributed by atoms with Gasteiger partial charge in [-0.2, -0.15) is 0 Å². The van der Waals surface area contributed by atoms with E-state index in [0.29, 0.717) is 6.42 Å². The van der Waals surface area contributed by atoms with E-state index in [1.807, 2.05) is 6.92 Å². The smallest absolute Gasteiger partial charge is 0.323 e. The third kappa shape index (κ3) is 2.02. The van der Waals surface area contributed by atoms with Crippen molar-refractivity contribution in [3.63, 3.8) is 0 Å². The van der Waals surface area contributed by atoms with Crippen LogP contribution in [0.3, 0.4) is 0 Å². The standard InChI is InChI=1S/C10H19NO2/c1-2-10(11,9(12)13)8-6-4-3-5-7-8/h8H,2-7,11H2,1H3,(H,12,13). The lowest BCUT2D eigenvalue weighted by molar-refractivity contribution is -0.146. The van der Waals surface area contributed by atoms with E-state index in [1.165, 1.54) is 6.42 Å². The molecule has 0 bridgehead atoms. The Morgan fingerprint density at radius 1 is 1.46 bits per heavy atom. The van der Waals surface area contributed by atoms with Crippen molar-refractivity contribution < 1.29 is 9.90 Å². The normalized spacial score (nSPS) is 23.8. The highest BCUT2D eigenvalue weighted by Gasteiger charge is 2.40. The van der Waals surface area contributed by atoms with Crippen molar-refractivity contribution in [2.75, 3.05) is 0 Å². The first-order chi connectivity index (χ1) is 6.11. The number of carboxylic acid groups (broad SMARTS) is 1. The molecule has 1 unspecified atom stereocenters. The molecule has 1 aliphatic carbocycles. The number of rotatable bonds is 3. The molecule has 0 heterocycles. The Morgan fingerprint density at radius 2 is 2.00 bits per heavy atom. The van der Waals surface area contributed by atoms with Gasteiger partial charge in [-0.15, -0.1) is 0 Å². The SMILES string of the molecule is CCC(N)(C(=O)O)C1CCCCC1. The predicted molar refractivity (Wildman–Crippen MR) is 51.4 cm³/mol. The van der Waals surface area contributed by atoms with E-state index in [-0.39, 0.29) is 5.92 Å². The number of nitrogens with two attached hydrogens (primary N) is 1. The molecule has 0 saturated heterocycles. The molecule has 0 aromatic heterocycles. The maximum Gasteiger partial charge on any atom is 0.323 e. The fourth-order valence-corrected chi connectivity index (χ4v) is 2.23. The highest BCUT2D eigenvalue weighted by molar-refractivity contribution is 5.78. The maximum absolute atomic E-state index is 11.0. The third-order valence-corrected chi connectivity index (χ3v) is 3.32. The molecule has 0 radical (unpaired) electrons. The highest BCUT2D eigenvalue weighted by atomic mass is 16.4. The molecule has 3 heteroatoms. The molecule has 3 N–H and O–H groups in total. The number of hydrogen-bond donors (Lipinski definition) is 2. The summed E-state index contributed by atoms with van der Waals surface area (Å²) >= 11 is 0. The molecular weight excluding hydrogens is 166 g/mol. The van der Waals surface area contributed by atoms with Gasteiger partial charge in [-0.3, -0.25) is 4.79 Å². The average molecular weight is 185 g/mol. The van der Waals surface area contributed by atoms with Gasteiger partial charge in [0.05, 0.1) is 0 Å². The Hall–Kier alpha value is -0.570. The van der Waals surface area contributed by atoms with Crippen LogP contribution in [0.4, 0.5) is 0 Å². The second-order valence-electron chi connectivity index (χ2n) is 4.03. The van der Waals surface area contributed by atoms with E-state index >= 15 is 0 Å². The van der Waals surface area contributed by atoms with Crippen LogP contribution in [-0.4, -0.2) is 16.6 Å². The summed E-state index contributed by atoms with van der Waals surface area (Å²) in [4.78, 5) is 11.0. The maximum atomic E-state index is 11.0. The quantitative estimate of drug-likeness (QED) is 0.704. The first kappa shape index (κ1) is 10.5. The third-order valence-electron chi connectivity index (χ3n) is 3.32. The summed E-state index contributed by atoms with van der Waals surface area (Å²) in [7, 11) is 0. The Balaban J connectivity index is 2.68. The van der Waals surface area contributed by atoms with Crippen molar-refractivity contribution >= 4 is 5.97 Å². The summed E-state index contributed by atoms with van der Waals surface area (Å²) in [6, 6.07) is 0. The van der Waals surface area contributed by atoms with Gasteiger partial charge in [0.25, 0.3) is 0 Å². The molecule has 1 aliphatic rings. The van der Waals surface area contributed by atoms with Gasteiger partial charge < -0.3 is 10.8 Å². The number of carbonyl (C=O) groups is 1. The molecular formula is C10H19NO2. The van der Waals surface area contributed by atoms with Crippen LogP contribution < -0.4 is 5.73 Å². The molecule has 0 aliphatic heterocycles. The van der Waals surface area contributed by atoms with Gasteiger partial charge in [-0.05, 0) is 25.2 Å². The van der Waals surface area contributed by atoms with Crippen LogP contribution in [0.2, 0.25) is 0 Å². The fraction of sp³-hybridized carbons (Fsp3) is 0.900. The van der Waals surface area contributed by atoms with Crippen LogP contribution in [0.5, 0.6) is 0 Å². The van der Waals surface area contributed by atoms with Gasteiger partial charge in [0, 0.05) is 0 Å². The highest BCUT2D eigenvalue weighted by Crippen LogP contribution is 2.33. The lowest BCUT2D eigenvalue weighted by Gasteiger charge is -2.35. The zero-order valence-electron chi connectivity index (χ0n) is 8.25. The number of hydrogen-bond acceptors (Lipinski definition) is 2. The minimum Gasteiger partial charge on any atom is -0.480 e. The van der Waals surface area contributed by atoms with Crippen molar-refractivity contribution in [3.05, 3.63) is 0 Å². The Bertz CT molecular complexity index is 187. The molecule has 1 fully saturated rings. The summed E-state index contributed by atoms with van der Waals surface area (Å²) in [5.74, 6) is -0.648. The Labute approximate surface area is 79.3 Å². The first-order valence-electron chi connectivity index (χ1n) is 5.13. The topological polar surface area (TPSA) is 63.3 Å². The lowest BCUT2D eigenvalue weighted by atomic mass is 9.74. The molecule has 3 nitrogen and oxygen atoms in total. The van der Waals surface area contributed by atoms with E-state index in [1.54, 1.807) is 0 Å². The molecule has 1 rings (SSSR count). The monoisotopic (exact) mass is 185 g/mol. The van der Waals surface area contributed by atoms with Gasteiger partial charge in [0.15, 0.2) is 0 Å². The van der Waals surface area contributed by atoms with E-state index in [4.69, 9.17) is 10.8 Å². The molecule has 1 atom stereocenters. The minimum atomic E-state index is -0.972. The summed E-state index contributed by atoms with van der Waals surface area (Å²) in [5, 5.41) is 9.06. The van der Waals surface area contributed by atoms with Crippen molar-refractivity contribution in [1.82, 2.24) is 0 Å². The van der Waals surface area contributed by atoms with Crippen molar-refractivity contribution in [3.8, 4) is 0 Å². The summed E-state index contributed by atoms with van der Waals surface area (Å²) in [5.41, 5.74) is 4.94. The summed E-state index contributed by atoms with van der Waals surface area (Å²) < 4.78 is 0. The minimum absolute atomic E-state index is 0.184. The van der Waals surface area contributed by atoms with Gasteiger partial charge in [-0.1, -0.05) is 26.2 Å². The average Bonchev–Trinajstić information content (AvgIpc) is 2.17. The zero-order chi connectivity index (χ0) is 9.90. The Morgan fingerprint density at radius 3 is 2.38 bits per heavy atom. The van der Waals surface area contributed by atoms with Gasteiger partial charge in [-0.25, -0.2) is 0 Å². The van der Waals surface area contributed by atoms with Crippen LogP contribution in [0.15, 0.2) is 0 Å². The van der Waals surface area contributed by atoms with E-state index in [2.05, 4.69) is 0 Å². The molecule has 13 heavy (non-hydrogen) atoms. The molecule has 1 saturated carbocycles. The van der Waals surface area contributed by atoms with Crippen molar-refractivity contribution in [2.24, 2.45) is 11.7 Å². The molecule has 76 valence electrons. The van der Waals surface area contributed by atoms with Gasteiger partial charge >= 0.3 is 5.97 Å². The van der Waals surface area contributed by atoms with E-state index in [0.717, 1.165) is 25.7 Å². The Kier molecular flexibility index (Phi) is 3.31. The van der Waals surface area contributed by atoms with Crippen LogP contribution in [-0.2, 0) is 4.79 Å². The van der Waals surface area contributed by atoms with Crippen molar-refractivity contribution in [2.45, 2.75) is 51.0 Å². The van der Waals surface area contributed by atoms with E-state index in [9.17, 15) is 4.79 Å². The molecule has 0 spiro atoms. The number of carboxylic acids is 1. The first-order valence-corrected chi connectivity index (χ1v) is 5.13. The van der Waals surface area contributed by atoms with Gasteiger partial charge in [0.2, 0.25) is 0 Å². The summed E-state index contributed by atoms with van der Waals surface area (Å²) in [6.45, 7) is 1.86. The molecule has 0 amide bonds. The number of aliphatic carboxylic acids is 1. The fourth-order valence-electron chi connectivity index (χ4n) is 2.23. The molecule has 0 aromatic carbocycles. The predicted octanol–water partition coefficient (Wildman–Crippen LogP) is 1.76. The van der Waals surface area contributed by atoms with Gasteiger partial charge in [0.1, 0.15) is 5.54 Å².